The van der Waals surface area contributed by atoms with E-state index in [2.05, 4.69) is 49.5 Å². The van der Waals surface area contributed by atoms with Crippen molar-refractivity contribution < 1.29 is 4.74 Å². The number of hydrogen-bond donors (Lipinski definition) is 3. The van der Waals surface area contributed by atoms with E-state index in [1.54, 1.807) is 11.8 Å². The third-order valence-corrected chi connectivity index (χ3v) is 6.45. The summed E-state index contributed by atoms with van der Waals surface area (Å²) in [4.78, 5) is 8.51. The van der Waals surface area contributed by atoms with Crippen molar-refractivity contribution in [3.8, 4) is 0 Å². The average molecular weight is 413 g/mol. The summed E-state index contributed by atoms with van der Waals surface area (Å²) >= 11 is 1.76. The van der Waals surface area contributed by atoms with Crippen LogP contribution in [0.2, 0.25) is 0 Å². The Morgan fingerprint density at radius 2 is 2.14 bits per heavy atom. The van der Waals surface area contributed by atoms with Crippen molar-refractivity contribution in [2.24, 2.45) is 5.92 Å². The predicted molar refractivity (Wildman–Crippen MR) is 124 cm³/mol. The quantitative estimate of drug-likeness (QED) is 0.473. The molecule has 0 saturated carbocycles. The lowest BCUT2D eigenvalue weighted by molar-refractivity contribution is 0.226. The normalized spacial score (nSPS) is 19.4. The lowest BCUT2D eigenvalue weighted by Crippen LogP contribution is -2.24. The van der Waals surface area contributed by atoms with E-state index in [-0.39, 0.29) is 5.37 Å². The molecule has 0 amide bonds. The van der Waals surface area contributed by atoms with E-state index < -0.39 is 0 Å². The van der Waals surface area contributed by atoms with E-state index in [0.717, 1.165) is 53.4 Å². The minimum Gasteiger partial charge on any atom is -0.493 e. The molecule has 0 saturated heterocycles. The van der Waals surface area contributed by atoms with Gasteiger partial charge in [-0.25, -0.2) is 4.98 Å². The van der Waals surface area contributed by atoms with Gasteiger partial charge < -0.3 is 20.4 Å². The first-order valence-corrected chi connectivity index (χ1v) is 11.4. The van der Waals surface area contributed by atoms with Gasteiger partial charge in [0, 0.05) is 35.2 Å². The fourth-order valence-corrected chi connectivity index (χ4v) is 4.66. The van der Waals surface area contributed by atoms with Crippen LogP contribution in [0.4, 0.5) is 0 Å². The maximum Gasteiger partial charge on any atom is 0.134 e. The van der Waals surface area contributed by atoms with Crippen molar-refractivity contribution >= 4 is 28.6 Å². The molecule has 1 aromatic heterocycles. The highest BCUT2D eigenvalue weighted by atomic mass is 32.2. The molecule has 2 aliphatic rings. The minimum atomic E-state index is 0.225. The van der Waals surface area contributed by atoms with Gasteiger partial charge in [-0.15, -0.1) is 11.8 Å². The van der Waals surface area contributed by atoms with E-state index in [0.29, 0.717) is 18.2 Å². The van der Waals surface area contributed by atoms with Crippen LogP contribution in [0.5, 0.6) is 0 Å². The molecule has 3 heterocycles. The number of aromatic amines is 1. The molecule has 5 nitrogen and oxygen atoms in total. The molecule has 0 aliphatic carbocycles. The number of imidazole rings is 1. The molecule has 2 aliphatic heterocycles. The van der Waals surface area contributed by atoms with Crippen molar-refractivity contribution in [2.45, 2.75) is 59.3 Å². The van der Waals surface area contributed by atoms with Crippen LogP contribution in [0, 0.1) is 18.3 Å². The topological polar surface area (TPSA) is 73.8 Å². The number of H-pyrrole nitrogens is 1. The number of aryl methyl sites for hydroxylation is 1. The second-order valence-corrected chi connectivity index (χ2v) is 8.55. The number of ether oxygens (including phenoxy) is 1. The van der Waals surface area contributed by atoms with Crippen molar-refractivity contribution in [3.05, 3.63) is 52.3 Å². The highest BCUT2D eigenvalue weighted by molar-refractivity contribution is 8.03. The monoisotopic (exact) mass is 412 g/mol. The highest BCUT2D eigenvalue weighted by Crippen LogP contribution is 2.35. The fraction of sp³-hybridized carbons (Fsp3) is 0.478. The molecule has 0 aromatic carbocycles. The predicted octanol–water partition coefficient (Wildman–Crippen LogP) is 5.79. The summed E-state index contributed by atoms with van der Waals surface area (Å²) in [6.07, 6.45) is 9.07. The van der Waals surface area contributed by atoms with Gasteiger partial charge in [0.15, 0.2) is 0 Å². The molecule has 3 N–H and O–H groups in total. The molecule has 0 radical (unpaired) electrons. The van der Waals surface area contributed by atoms with Gasteiger partial charge in [-0.1, -0.05) is 20.8 Å². The maximum atomic E-state index is 7.99. The molecule has 0 spiro atoms. The molecule has 1 unspecified atom stereocenters. The Balaban J connectivity index is 2.03. The Labute approximate surface area is 178 Å². The first kappa shape index (κ1) is 21.5. The number of hydrogen-bond acceptors (Lipinski definition) is 5. The van der Waals surface area contributed by atoms with Gasteiger partial charge in [0.2, 0.25) is 0 Å². The Bertz CT molecular complexity index is 879. The van der Waals surface area contributed by atoms with Crippen LogP contribution < -0.4 is 5.32 Å². The number of rotatable bonds is 8. The first-order chi connectivity index (χ1) is 14.0. The zero-order valence-corrected chi connectivity index (χ0v) is 18.9. The van der Waals surface area contributed by atoms with Gasteiger partial charge in [0.1, 0.15) is 23.6 Å². The van der Waals surface area contributed by atoms with Crippen LogP contribution >= 0.6 is 11.8 Å². The average Bonchev–Trinajstić information content (AvgIpc) is 3.37. The van der Waals surface area contributed by atoms with Crippen LogP contribution in [-0.2, 0) is 4.74 Å². The number of nitrogens with one attached hydrogen (secondary N) is 3. The molecule has 0 fully saturated rings. The highest BCUT2D eigenvalue weighted by Gasteiger charge is 2.25. The smallest absolute Gasteiger partial charge is 0.134 e. The number of aromatic nitrogens is 2. The van der Waals surface area contributed by atoms with E-state index in [4.69, 9.17) is 15.1 Å². The molecular formula is C23H32N4OS. The van der Waals surface area contributed by atoms with E-state index in [9.17, 15) is 0 Å². The summed E-state index contributed by atoms with van der Waals surface area (Å²) in [6.45, 7) is 11.0. The lowest BCUT2D eigenvalue weighted by Gasteiger charge is -2.23. The minimum absolute atomic E-state index is 0.225. The van der Waals surface area contributed by atoms with Crippen molar-refractivity contribution in [3.63, 3.8) is 0 Å². The zero-order chi connectivity index (χ0) is 21.0. The maximum absolute atomic E-state index is 7.99. The van der Waals surface area contributed by atoms with Crippen LogP contribution in [-0.4, -0.2) is 27.7 Å². The standard InChI is InChI=1S/C23H32N4OS/c1-6-16(7-2)18(11-14(4)24)22-26-15(5)21(27-22)19-12-17(13-28-20(19)8-3)23-25-9-10-29-23/h9-12,16,23-25H,6-8,13H2,1-5H3,(H,26,27)/b18-11-,24-14?. The van der Waals surface area contributed by atoms with Crippen molar-refractivity contribution in [2.75, 3.05) is 6.61 Å². The SMILES string of the molecule is CCC1=C(c2nc(/C(=C\C(C)=N)C(CC)CC)[nH]c2C)C=C(C2NC=CS2)CO1. The molecule has 3 rings (SSSR count). The van der Waals surface area contributed by atoms with Crippen LogP contribution in [0.15, 0.2) is 35.1 Å². The van der Waals surface area contributed by atoms with Crippen molar-refractivity contribution in [1.82, 2.24) is 15.3 Å². The Kier molecular flexibility index (Phi) is 7.06. The molecule has 1 atom stereocenters. The Hall–Kier alpha value is -2.21. The van der Waals surface area contributed by atoms with Crippen LogP contribution in [0.3, 0.4) is 0 Å². The zero-order valence-electron chi connectivity index (χ0n) is 18.1. The Morgan fingerprint density at radius 3 is 2.72 bits per heavy atom. The summed E-state index contributed by atoms with van der Waals surface area (Å²) < 4.78 is 6.13. The van der Waals surface area contributed by atoms with Gasteiger partial charge in [0.05, 0.1) is 5.69 Å². The number of nitrogens with zero attached hydrogens (tertiary/aromatic N) is 1. The Morgan fingerprint density at radius 1 is 1.38 bits per heavy atom. The van der Waals surface area contributed by atoms with Gasteiger partial charge in [-0.2, -0.15) is 0 Å². The summed E-state index contributed by atoms with van der Waals surface area (Å²) in [5.74, 6) is 2.24. The van der Waals surface area contributed by atoms with Crippen LogP contribution in [0.25, 0.3) is 11.1 Å². The number of allylic oxidation sites excluding steroid dienone is 5. The van der Waals surface area contributed by atoms with Gasteiger partial charge in [-0.3, -0.25) is 0 Å². The molecule has 29 heavy (non-hydrogen) atoms. The third-order valence-electron chi connectivity index (χ3n) is 5.44. The molecular weight excluding hydrogens is 380 g/mol. The number of thioether (sulfide) groups is 1. The lowest BCUT2D eigenvalue weighted by atomic mass is 9.92. The van der Waals surface area contributed by atoms with Crippen LogP contribution in [0.1, 0.15) is 64.2 Å². The van der Waals surface area contributed by atoms with E-state index in [1.165, 1.54) is 5.57 Å². The van der Waals surface area contributed by atoms with Gasteiger partial charge >= 0.3 is 0 Å². The third kappa shape index (κ3) is 4.69. The fourth-order valence-electron chi connectivity index (χ4n) is 3.88. The first-order valence-electron chi connectivity index (χ1n) is 10.4. The summed E-state index contributed by atoms with van der Waals surface area (Å²) in [5, 5.41) is 13.7. The molecule has 6 heteroatoms. The second kappa shape index (κ2) is 9.53. The second-order valence-electron chi connectivity index (χ2n) is 7.54. The largest absolute Gasteiger partial charge is 0.493 e. The van der Waals surface area contributed by atoms with Gasteiger partial charge in [-0.05, 0) is 55.7 Å². The summed E-state index contributed by atoms with van der Waals surface area (Å²) in [6, 6.07) is 0. The molecule has 1 aromatic rings. The molecule has 0 bridgehead atoms. The summed E-state index contributed by atoms with van der Waals surface area (Å²) in [5.41, 5.74) is 5.95. The van der Waals surface area contributed by atoms with Gasteiger partial charge in [0.25, 0.3) is 0 Å². The van der Waals surface area contributed by atoms with E-state index in [1.807, 2.05) is 19.2 Å². The van der Waals surface area contributed by atoms with Crippen molar-refractivity contribution in [1.29, 1.82) is 5.41 Å². The van der Waals surface area contributed by atoms with E-state index >= 15 is 0 Å². The summed E-state index contributed by atoms with van der Waals surface area (Å²) in [7, 11) is 0. The molecule has 156 valence electrons.